The summed E-state index contributed by atoms with van der Waals surface area (Å²) in [6.07, 6.45) is 4.94. The van der Waals surface area contributed by atoms with Crippen molar-refractivity contribution in [3.05, 3.63) is 6.92 Å². The van der Waals surface area contributed by atoms with Crippen molar-refractivity contribution in [2.24, 2.45) is 5.92 Å². The Kier molecular flexibility index (Phi) is 3.57. The van der Waals surface area contributed by atoms with Crippen molar-refractivity contribution in [2.45, 2.75) is 32.6 Å². The average molecular weight is 168 g/mol. The zero-order valence-corrected chi connectivity index (χ0v) is 7.88. The van der Waals surface area contributed by atoms with E-state index in [4.69, 9.17) is 0 Å². The number of rotatable bonds is 2. The molecule has 0 N–H and O–H groups in total. The first kappa shape index (κ1) is 9.56. The molecular formula is C10H18NO. The molecule has 69 valence electrons. The molecule has 0 aromatic rings. The van der Waals surface area contributed by atoms with Gasteiger partial charge in [0.05, 0.1) is 0 Å². The largest absolute Gasteiger partial charge is 0.343 e. The fourth-order valence-corrected chi connectivity index (χ4v) is 1.88. The first-order valence-electron chi connectivity index (χ1n) is 4.85. The zero-order valence-electron chi connectivity index (χ0n) is 7.88. The van der Waals surface area contributed by atoms with Gasteiger partial charge in [0.25, 0.3) is 0 Å². The Bertz CT molecular complexity index is 148. The van der Waals surface area contributed by atoms with Crippen molar-refractivity contribution >= 4 is 5.91 Å². The third-order valence-corrected chi connectivity index (χ3v) is 2.66. The Balaban J connectivity index is 2.25. The number of likely N-dealkylation sites (tertiary alicyclic amines) is 1. The average Bonchev–Trinajstić information content (AvgIpc) is 2.06. The molecule has 0 aromatic carbocycles. The zero-order chi connectivity index (χ0) is 8.97. The molecule has 0 aromatic heterocycles. The second kappa shape index (κ2) is 4.48. The van der Waals surface area contributed by atoms with Gasteiger partial charge in [-0.25, -0.2) is 0 Å². The summed E-state index contributed by atoms with van der Waals surface area (Å²) in [6.45, 7) is 7.49. The minimum atomic E-state index is -0.00931. The number of piperidine rings is 1. The summed E-state index contributed by atoms with van der Waals surface area (Å²) in [5, 5.41) is 0. The van der Waals surface area contributed by atoms with Gasteiger partial charge in [0.1, 0.15) is 0 Å². The van der Waals surface area contributed by atoms with Crippen LogP contribution in [0.4, 0.5) is 0 Å². The lowest BCUT2D eigenvalue weighted by Gasteiger charge is -2.30. The topological polar surface area (TPSA) is 20.3 Å². The molecule has 0 bridgehead atoms. The van der Waals surface area contributed by atoms with Gasteiger partial charge in [-0.2, -0.15) is 0 Å². The van der Waals surface area contributed by atoms with Crippen molar-refractivity contribution in [2.75, 3.05) is 13.1 Å². The highest BCUT2D eigenvalue weighted by Crippen LogP contribution is 2.21. The Hall–Kier alpha value is -0.530. The molecule has 1 amide bonds. The Morgan fingerprint density at radius 3 is 2.50 bits per heavy atom. The maximum atomic E-state index is 10.9. The number of carbonyl (C=O) groups is 1. The molecule has 1 aliphatic heterocycles. The quantitative estimate of drug-likeness (QED) is 0.616. The number of amides is 1. The SMILES string of the molecule is [CH2]C(=O)N1CCC(CCC)CC1. The van der Waals surface area contributed by atoms with Crippen LogP contribution in [-0.2, 0) is 4.79 Å². The van der Waals surface area contributed by atoms with Crippen molar-refractivity contribution in [3.8, 4) is 0 Å². The van der Waals surface area contributed by atoms with Crippen molar-refractivity contribution in [1.29, 1.82) is 0 Å². The van der Waals surface area contributed by atoms with Gasteiger partial charge in [-0.3, -0.25) is 4.79 Å². The van der Waals surface area contributed by atoms with Gasteiger partial charge in [-0.15, -0.1) is 0 Å². The van der Waals surface area contributed by atoms with Crippen LogP contribution in [0, 0.1) is 12.8 Å². The van der Waals surface area contributed by atoms with E-state index in [0.717, 1.165) is 19.0 Å². The van der Waals surface area contributed by atoms with Crippen LogP contribution < -0.4 is 0 Å². The predicted molar refractivity (Wildman–Crippen MR) is 49.6 cm³/mol. The molecule has 1 rings (SSSR count). The molecule has 1 fully saturated rings. The highest BCUT2D eigenvalue weighted by atomic mass is 16.2. The molecule has 2 nitrogen and oxygen atoms in total. The standard InChI is InChI=1S/C10H18NO/c1-3-4-10-5-7-11(8-6-10)9(2)12/h10H,2-8H2,1H3. The highest BCUT2D eigenvalue weighted by molar-refractivity contribution is 5.80. The van der Waals surface area contributed by atoms with Crippen LogP contribution in [0.2, 0.25) is 0 Å². The van der Waals surface area contributed by atoms with Crippen molar-refractivity contribution < 1.29 is 4.79 Å². The van der Waals surface area contributed by atoms with Gasteiger partial charge in [0, 0.05) is 20.0 Å². The molecular weight excluding hydrogens is 150 g/mol. The molecule has 0 spiro atoms. The summed E-state index contributed by atoms with van der Waals surface area (Å²) in [6, 6.07) is 0. The number of hydrogen-bond acceptors (Lipinski definition) is 1. The summed E-state index contributed by atoms with van der Waals surface area (Å²) in [5.41, 5.74) is 0. The van der Waals surface area contributed by atoms with Crippen molar-refractivity contribution in [3.63, 3.8) is 0 Å². The van der Waals surface area contributed by atoms with Gasteiger partial charge in [0.15, 0.2) is 0 Å². The van der Waals surface area contributed by atoms with Crippen molar-refractivity contribution in [1.82, 2.24) is 4.90 Å². The van der Waals surface area contributed by atoms with Crippen LogP contribution in [0.3, 0.4) is 0 Å². The van der Waals surface area contributed by atoms with E-state index in [0.29, 0.717) is 0 Å². The smallest absolute Gasteiger partial charge is 0.223 e. The predicted octanol–water partition coefficient (Wildman–Crippen LogP) is 1.86. The first-order valence-corrected chi connectivity index (χ1v) is 4.85. The molecule has 1 radical (unpaired) electrons. The van der Waals surface area contributed by atoms with E-state index in [2.05, 4.69) is 13.8 Å². The minimum Gasteiger partial charge on any atom is -0.343 e. The van der Waals surface area contributed by atoms with Crippen LogP contribution in [0.15, 0.2) is 0 Å². The monoisotopic (exact) mass is 168 g/mol. The van der Waals surface area contributed by atoms with E-state index in [1.54, 1.807) is 0 Å². The summed E-state index contributed by atoms with van der Waals surface area (Å²) in [7, 11) is 0. The Morgan fingerprint density at radius 1 is 1.50 bits per heavy atom. The fraction of sp³-hybridized carbons (Fsp3) is 0.800. The molecule has 1 heterocycles. The minimum absolute atomic E-state index is 0.00931. The van der Waals surface area contributed by atoms with Gasteiger partial charge in [-0.05, 0) is 18.8 Å². The highest BCUT2D eigenvalue weighted by Gasteiger charge is 2.19. The van der Waals surface area contributed by atoms with Gasteiger partial charge < -0.3 is 4.90 Å². The van der Waals surface area contributed by atoms with Crippen LogP contribution in [-0.4, -0.2) is 23.9 Å². The molecule has 0 saturated carbocycles. The molecule has 0 aliphatic carbocycles. The van der Waals surface area contributed by atoms with E-state index in [1.165, 1.54) is 25.7 Å². The van der Waals surface area contributed by atoms with Gasteiger partial charge in [0.2, 0.25) is 5.91 Å². The normalized spacial score (nSPS) is 19.7. The lowest BCUT2D eigenvalue weighted by Crippen LogP contribution is -2.37. The van der Waals surface area contributed by atoms with E-state index in [9.17, 15) is 4.79 Å². The lowest BCUT2D eigenvalue weighted by molar-refractivity contribution is -0.127. The molecule has 2 heteroatoms. The second-order valence-corrected chi connectivity index (χ2v) is 3.61. The summed E-state index contributed by atoms with van der Waals surface area (Å²) in [5.74, 6) is 0.843. The Labute approximate surface area is 74.9 Å². The third-order valence-electron chi connectivity index (χ3n) is 2.66. The molecule has 1 saturated heterocycles. The second-order valence-electron chi connectivity index (χ2n) is 3.61. The number of hydrogen-bond donors (Lipinski definition) is 0. The van der Waals surface area contributed by atoms with E-state index in [-0.39, 0.29) is 5.91 Å². The first-order chi connectivity index (χ1) is 5.74. The molecule has 0 atom stereocenters. The summed E-state index contributed by atoms with van der Waals surface area (Å²) < 4.78 is 0. The maximum absolute atomic E-state index is 10.9. The van der Waals surface area contributed by atoms with Crippen LogP contribution in [0.1, 0.15) is 32.6 Å². The maximum Gasteiger partial charge on any atom is 0.223 e. The summed E-state index contributed by atoms with van der Waals surface area (Å²) in [4.78, 5) is 12.7. The number of carbonyl (C=O) groups excluding carboxylic acids is 1. The Morgan fingerprint density at radius 2 is 2.08 bits per heavy atom. The van der Waals surface area contributed by atoms with E-state index in [1.807, 2.05) is 4.90 Å². The third kappa shape index (κ3) is 2.50. The molecule has 1 aliphatic rings. The fourth-order valence-electron chi connectivity index (χ4n) is 1.88. The van der Waals surface area contributed by atoms with Crippen LogP contribution in [0.25, 0.3) is 0 Å². The van der Waals surface area contributed by atoms with E-state index >= 15 is 0 Å². The molecule has 0 unspecified atom stereocenters. The molecule has 12 heavy (non-hydrogen) atoms. The van der Waals surface area contributed by atoms with Gasteiger partial charge in [-0.1, -0.05) is 19.8 Å². The summed E-state index contributed by atoms with van der Waals surface area (Å²) >= 11 is 0. The lowest BCUT2D eigenvalue weighted by atomic mass is 9.92. The van der Waals surface area contributed by atoms with Crippen LogP contribution >= 0.6 is 0 Å². The number of nitrogens with zero attached hydrogens (tertiary/aromatic N) is 1. The van der Waals surface area contributed by atoms with Gasteiger partial charge >= 0.3 is 0 Å². The van der Waals surface area contributed by atoms with Crippen LogP contribution in [0.5, 0.6) is 0 Å². The van der Waals surface area contributed by atoms with E-state index < -0.39 is 0 Å².